The van der Waals surface area contributed by atoms with Gasteiger partial charge in [0.2, 0.25) is 0 Å². The largest absolute Gasteiger partial charge is 0.384 e. The molecule has 0 saturated heterocycles. The van der Waals surface area contributed by atoms with Gasteiger partial charge in [-0.1, -0.05) is 23.8 Å². The first-order valence-corrected chi connectivity index (χ1v) is 6.78. The van der Waals surface area contributed by atoms with Crippen LogP contribution in [0.25, 0.3) is 17.1 Å². The monoisotopic (exact) mass is 279 g/mol. The van der Waals surface area contributed by atoms with Gasteiger partial charge in [0.25, 0.3) is 0 Å². The van der Waals surface area contributed by atoms with Crippen LogP contribution in [0.5, 0.6) is 0 Å². The molecule has 5 nitrogen and oxygen atoms in total. The summed E-state index contributed by atoms with van der Waals surface area (Å²) in [5.74, 6) is 1.18. The normalized spacial score (nSPS) is 10.8. The van der Waals surface area contributed by atoms with E-state index < -0.39 is 0 Å². The Bertz CT molecular complexity index is 787. The fraction of sp³-hybridized carbons (Fsp3) is 0.188. The summed E-state index contributed by atoms with van der Waals surface area (Å²) in [6.07, 6.45) is 0. The van der Waals surface area contributed by atoms with Crippen LogP contribution in [0.1, 0.15) is 16.8 Å². The van der Waals surface area contributed by atoms with Crippen LogP contribution < -0.4 is 5.73 Å². The Labute approximate surface area is 123 Å². The molecule has 106 valence electrons. The van der Waals surface area contributed by atoms with Gasteiger partial charge in [0.05, 0.1) is 11.4 Å². The molecule has 0 bridgehead atoms. The molecule has 0 atom stereocenters. The highest BCUT2D eigenvalue weighted by Crippen LogP contribution is 2.22. The standard InChI is InChI=1S/C16H17N5/c1-10-4-5-13(11(2)8-10)14-6-7-16(19-18-14)21-15(17)9-12(3)20-21/h4-9H,17H2,1-3H3. The smallest absolute Gasteiger partial charge is 0.178 e. The third kappa shape index (κ3) is 2.50. The molecule has 0 aliphatic rings. The Balaban J connectivity index is 1.99. The molecule has 2 heterocycles. The molecular weight excluding hydrogens is 262 g/mol. The average Bonchev–Trinajstić information content (AvgIpc) is 2.78. The summed E-state index contributed by atoms with van der Waals surface area (Å²) in [6, 6.07) is 11.9. The second-order valence-electron chi connectivity index (χ2n) is 5.22. The summed E-state index contributed by atoms with van der Waals surface area (Å²) in [5, 5.41) is 12.8. The maximum Gasteiger partial charge on any atom is 0.178 e. The van der Waals surface area contributed by atoms with Crippen molar-refractivity contribution >= 4 is 5.82 Å². The Hall–Kier alpha value is -2.69. The summed E-state index contributed by atoms with van der Waals surface area (Å²) in [5.41, 5.74) is 11.1. The van der Waals surface area contributed by atoms with Gasteiger partial charge in [-0.15, -0.1) is 10.2 Å². The molecule has 0 aliphatic carbocycles. The van der Waals surface area contributed by atoms with Crippen LogP contribution in [-0.2, 0) is 0 Å². The fourth-order valence-corrected chi connectivity index (χ4v) is 2.39. The van der Waals surface area contributed by atoms with Gasteiger partial charge in [-0.05, 0) is 38.5 Å². The Morgan fingerprint density at radius 2 is 1.76 bits per heavy atom. The van der Waals surface area contributed by atoms with Crippen molar-refractivity contribution in [1.82, 2.24) is 20.0 Å². The molecule has 0 saturated carbocycles. The number of aryl methyl sites for hydroxylation is 3. The topological polar surface area (TPSA) is 69.6 Å². The second-order valence-corrected chi connectivity index (χ2v) is 5.22. The zero-order valence-corrected chi connectivity index (χ0v) is 12.3. The predicted molar refractivity (Wildman–Crippen MR) is 83.2 cm³/mol. The molecule has 0 unspecified atom stereocenters. The number of hydrogen-bond acceptors (Lipinski definition) is 4. The van der Waals surface area contributed by atoms with Gasteiger partial charge in [0.1, 0.15) is 5.82 Å². The third-order valence-electron chi connectivity index (χ3n) is 3.38. The van der Waals surface area contributed by atoms with E-state index >= 15 is 0 Å². The number of benzene rings is 1. The van der Waals surface area contributed by atoms with Gasteiger partial charge in [-0.25, -0.2) is 0 Å². The molecular formula is C16H17N5. The van der Waals surface area contributed by atoms with Crippen LogP contribution in [0.3, 0.4) is 0 Å². The summed E-state index contributed by atoms with van der Waals surface area (Å²) < 4.78 is 1.59. The van der Waals surface area contributed by atoms with Gasteiger partial charge in [0.15, 0.2) is 5.82 Å². The predicted octanol–water partition coefficient (Wildman–Crippen LogP) is 2.84. The first-order valence-electron chi connectivity index (χ1n) is 6.78. The fourth-order valence-electron chi connectivity index (χ4n) is 2.39. The van der Waals surface area contributed by atoms with Crippen LogP contribution >= 0.6 is 0 Å². The van der Waals surface area contributed by atoms with Gasteiger partial charge in [0, 0.05) is 11.6 Å². The number of nitrogens with zero attached hydrogens (tertiary/aromatic N) is 4. The van der Waals surface area contributed by atoms with Crippen molar-refractivity contribution in [1.29, 1.82) is 0 Å². The molecule has 5 heteroatoms. The van der Waals surface area contributed by atoms with Crippen molar-refractivity contribution in [3.05, 3.63) is 53.2 Å². The lowest BCUT2D eigenvalue weighted by Gasteiger charge is -2.07. The SMILES string of the molecule is Cc1ccc(-c2ccc(-n3nc(C)cc3N)nn2)c(C)c1. The van der Waals surface area contributed by atoms with Crippen molar-refractivity contribution in [3.8, 4) is 17.1 Å². The summed E-state index contributed by atoms with van der Waals surface area (Å²) in [6.45, 7) is 6.05. The van der Waals surface area contributed by atoms with E-state index in [4.69, 9.17) is 5.73 Å². The van der Waals surface area contributed by atoms with E-state index in [9.17, 15) is 0 Å². The van der Waals surface area contributed by atoms with Crippen LogP contribution in [0.15, 0.2) is 36.4 Å². The minimum Gasteiger partial charge on any atom is -0.384 e. The van der Waals surface area contributed by atoms with Crippen LogP contribution in [0.2, 0.25) is 0 Å². The number of aromatic nitrogens is 4. The number of anilines is 1. The molecule has 0 spiro atoms. The van der Waals surface area contributed by atoms with Crippen molar-refractivity contribution < 1.29 is 0 Å². The number of nitrogens with two attached hydrogens (primary N) is 1. The minimum atomic E-state index is 0.557. The minimum absolute atomic E-state index is 0.557. The van der Waals surface area contributed by atoms with Crippen LogP contribution in [0, 0.1) is 20.8 Å². The van der Waals surface area contributed by atoms with Crippen LogP contribution in [-0.4, -0.2) is 20.0 Å². The van der Waals surface area contributed by atoms with E-state index in [2.05, 4.69) is 47.3 Å². The van der Waals surface area contributed by atoms with E-state index in [1.807, 2.05) is 19.1 Å². The Morgan fingerprint density at radius 3 is 2.33 bits per heavy atom. The highest BCUT2D eigenvalue weighted by atomic mass is 15.4. The molecule has 0 aliphatic heterocycles. The summed E-state index contributed by atoms with van der Waals surface area (Å²) in [7, 11) is 0. The maximum absolute atomic E-state index is 5.90. The van der Waals surface area contributed by atoms with Gasteiger partial charge >= 0.3 is 0 Å². The molecule has 3 rings (SSSR count). The van der Waals surface area contributed by atoms with E-state index in [0.29, 0.717) is 11.6 Å². The number of rotatable bonds is 2. The molecule has 0 fully saturated rings. The zero-order chi connectivity index (χ0) is 15.0. The lowest BCUT2D eigenvalue weighted by atomic mass is 10.0. The Kier molecular flexibility index (Phi) is 3.17. The second kappa shape index (κ2) is 5.01. The Morgan fingerprint density at radius 1 is 0.952 bits per heavy atom. The molecule has 1 aromatic carbocycles. The lowest BCUT2D eigenvalue weighted by Crippen LogP contribution is -2.05. The maximum atomic E-state index is 5.90. The van der Waals surface area contributed by atoms with Crippen molar-refractivity contribution in [2.24, 2.45) is 0 Å². The average molecular weight is 279 g/mol. The molecule has 0 radical (unpaired) electrons. The lowest BCUT2D eigenvalue weighted by molar-refractivity contribution is 0.813. The van der Waals surface area contributed by atoms with E-state index in [-0.39, 0.29) is 0 Å². The van der Waals surface area contributed by atoms with Crippen molar-refractivity contribution in [3.63, 3.8) is 0 Å². The third-order valence-corrected chi connectivity index (χ3v) is 3.38. The summed E-state index contributed by atoms with van der Waals surface area (Å²) in [4.78, 5) is 0. The first kappa shape index (κ1) is 13.3. The van der Waals surface area contributed by atoms with Crippen molar-refractivity contribution in [2.45, 2.75) is 20.8 Å². The molecule has 21 heavy (non-hydrogen) atoms. The molecule has 0 amide bonds. The highest BCUT2D eigenvalue weighted by molar-refractivity contribution is 5.63. The van der Waals surface area contributed by atoms with Gasteiger partial charge in [-0.3, -0.25) is 0 Å². The van der Waals surface area contributed by atoms with Gasteiger partial charge < -0.3 is 5.73 Å². The number of nitrogen functional groups attached to an aromatic ring is 1. The highest BCUT2D eigenvalue weighted by Gasteiger charge is 2.08. The van der Waals surface area contributed by atoms with Gasteiger partial charge in [-0.2, -0.15) is 9.78 Å². The quantitative estimate of drug-likeness (QED) is 0.783. The summed E-state index contributed by atoms with van der Waals surface area (Å²) >= 11 is 0. The van der Waals surface area contributed by atoms with E-state index in [0.717, 1.165) is 17.0 Å². The van der Waals surface area contributed by atoms with E-state index in [1.165, 1.54) is 11.1 Å². The molecule has 3 aromatic rings. The van der Waals surface area contributed by atoms with Crippen molar-refractivity contribution in [2.75, 3.05) is 5.73 Å². The van der Waals surface area contributed by atoms with Crippen LogP contribution in [0.4, 0.5) is 5.82 Å². The van der Waals surface area contributed by atoms with E-state index in [1.54, 1.807) is 10.7 Å². The molecule has 2 N–H and O–H groups in total. The first-order chi connectivity index (χ1) is 10.0. The molecule has 2 aromatic heterocycles. The number of hydrogen-bond donors (Lipinski definition) is 1. The zero-order valence-electron chi connectivity index (χ0n) is 12.3.